The molecule has 1 unspecified atom stereocenters. The van der Waals surface area contributed by atoms with Crippen molar-refractivity contribution in [2.75, 3.05) is 23.3 Å². The predicted octanol–water partition coefficient (Wildman–Crippen LogP) is 3.62. The van der Waals surface area contributed by atoms with Crippen LogP contribution < -0.4 is 16.0 Å². The molecule has 0 spiro atoms. The Balaban J connectivity index is 1.57. The van der Waals surface area contributed by atoms with Gasteiger partial charge in [0.1, 0.15) is 0 Å². The van der Waals surface area contributed by atoms with Gasteiger partial charge in [-0.25, -0.2) is 0 Å². The molecule has 1 aliphatic heterocycles. The molecule has 1 aromatic rings. The third-order valence-electron chi connectivity index (χ3n) is 5.51. The lowest BCUT2D eigenvalue weighted by Gasteiger charge is -2.36. The van der Waals surface area contributed by atoms with Crippen molar-refractivity contribution in [3.05, 3.63) is 24.3 Å². The minimum absolute atomic E-state index is 0.119. The Kier molecular flexibility index (Phi) is 5.44. The van der Waals surface area contributed by atoms with Gasteiger partial charge in [0.15, 0.2) is 0 Å². The molecule has 1 heterocycles. The molecule has 24 heavy (non-hydrogen) atoms. The highest BCUT2D eigenvalue weighted by Crippen LogP contribution is 2.28. The van der Waals surface area contributed by atoms with Gasteiger partial charge in [0.05, 0.1) is 0 Å². The van der Waals surface area contributed by atoms with Gasteiger partial charge in [-0.3, -0.25) is 4.79 Å². The first kappa shape index (κ1) is 17.3. The summed E-state index contributed by atoms with van der Waals surface area (Å²) < 4.78 is 0. The van der Waals surface area contributed by atoms with Gasteiger partial charge in [0.2, 0.25) is 5.91 Å². The number of hydrogen-bond acceptors (Lipinski definition) is 3. The molecule has 132 valence electrons. The lowest BCUT2D eigenvalue weighted by atomic mass is 9.86. The zero-order chi connectivity index (χ0) is 17.1. The summed E-state index contributed by atoms with van der Waals surface area (Å²) in [6, 6.07) is 8.62. The molecule has 1 aromatic carbocycles. The van der Waals surface area contributed by atoms with Crippen LogP contribution in [0, 0.1) is 17.8 Å². The van der Waals surface area contributed by atoms with Crippen molar-refractivity contribution in [1.82, 2.24) is 0 Å². The van der Waals surface area contributed by atoms with Gasteiger partial charge in [-0.2, -0.15) is 0 Å². The lowest BCUT2D eigenvalue weighted by molar-refractivity contribution is -0.120. The van der Waals surface area contributed by atoms with Crippen LogP contribution in [-0.2, 0) is 4.79 Å². The van der Waals surface area contributed by atoms with Crippen LogP contribution in [0.3, 0.4) is 0 Å². The van der Waals surface area contributed by atoms with Crippen molar-refractivity contribution in [2.24, 2.45) is 23.5 Å². The van der Waals surface area contributed by atoms with Gasteiger partial charge in [0.25, 0.3) is 0 Å². The number of benzene rings is 1. The fourth-order valence-corrected chi connectivity index (χ4v) is 4.26. The fourth-order valence-electron chi connectivity index (χ4n) is 4.26. The fraction of sp³-hybridized carbons (Fsp3) is 0.650. The minimum Gasteiger partial charge on any atom is -0.371 e. The van der Waals surface area contributed by atoms with E-state index in [-0.39, 0.29) is 17.9 Å². The lowest BCUT2D eigenvalue weighted by Crippen LogP contribution is -2.38. The molecule has 2 aliphatic rings. The van der Waals surface area contributed by atoms with E-state index in [1.807, 2.05) is 12.1 Å². The van der Waals surface area contributed by atoms with Crippen molar-refractivity contribution in [3.63, 3.8) is 0 Å². The van der Waals surface area contributed by atoms with Crippen LogP contribution in [0.1, 0.15) is 46.0 Å². The standard InChI is InChI=1S/C20H31N3O/c1-14-11-15(2)13-23(12-14)19-9-7-18(8-10-19)22-20(24)16-3-5-17(21)6-4-16/h7-10,14-17H,3-6,11-13,21H2,1-2H3,(H,22,24)/t14-,15?,16?,17?/m1/s1. The Morgan fingerprint density at radius 2 is 1.62 bits per heavy atom. The molecule has 3 N–H and O–H groups in total. The van der Waals surface area contributed by atoms with Gasteiger partial charge in [-0.15, -0.1) is 0 Å². The molecule has 4 heteroatoms. The number of nitrogens with one attached hydrogen (secondary N) is 1. The Labute approximate surface area is 145 Å². The summed E-state index contributed by atoms with van der Waals surface area (Å²) in [7, 11) is 0. The minimum atomic E-state index is 0.119. The van der Waals surface area contributed by atoms with Crippen LogP contribution in [0.2, 0.25) is 0 Å². The highest BCUT2D eigenvalue weighted by molar-refractivity contribution is 5.92. The predicted molar refractivity (Wildman–Crippen MR) is 100 cm³/mol. The summed E-state index contributed by atoms with van der Waals surface area (Å²) in [5.41, 5.74) is 8.08. The maximum absolute atomic E-state index is 12.4. The average Bonchev–Trinajstić information content (AvgIpc) is 2.55. The van der Waals surface area contributed by atoms with E-state index < -0.39 is 0 Å². The third-order valence-corrected chi connectivity index (χ3v) is 5.51. The van der Waals surface area contributed by atoms with E-state index in [0.29, 0.717) is 0 Å². The van der Waals surface area contributed by atoms with Crippen LogP contribution in [0.4, 0.5) is 11.4 Å². The smallest absolute Gasteiger partial charge is 0.227 e. The molecule has 4 nitrogen and oxygen atoms in total. The van der Waals surface area contributed by atoms with E-state index in [0.717, 1.165) is 56.3 Å². The van der Waals surface area contributed by atoms with Crippen molar-refractivity contribution >= 4 is 17.3 Å². The number of nitrogens with two attached hydrogens (primary N) is 1. The molecule has 1 amide bonds. The summed E-state index contributed by atoms with van der Waals surface area (Å²) in [5.74, 6) is 1.75. The summed E-state index contributed by atoms with van der Waals surface area (Å²) in [5, 5.41) is 3.08. The number of anilines is 2. The molecule has 2 fully saturated rings. The Bertz CT molecular complexity index is 539. The van der Waals surface area contributed by atoms with Crippen molar-refractivity contribution in [3.8, 4) is 0 Å². The second kappa shape index (κ2) is 7.56. The first-order chi connectivity index (χ1) is 11.5. The molecule has 0 bridgehead atoms. The van der Waals surface area contributed by atoms with Gasteiger partial charge in [-0.05, 0) is 68.2 Å². The van der Waals surface area contributed by atoms with Gasteiger partial charge >= 0.3 is 0 Å². The summed E-state index contributed by atoms with van der Waals surface area (Å²) in [6.45, 7) is 6.90. The number of piperidine rings is 1. The zero-order valence-electron chi connectivity index (χ0n) is 15.0. The summed E-state index contributed by atoms with van der Waals surface area (Å²) >= 11 is 0. The van der Waals surface area contributed by atoms with Crippen LogP contribution in [0.15, 0.2) is 24.3 Å². The van der Waals surface area contributed by atoms with Crippen LogP contribution >= 0.6 is 0 Å². The molecular weight excluding hydrogens is 298 g/mol. The van der Waals surface area contributed by atoms with Crippen molar-refractivity contribution < 1.29 is 4.79 Å². The second-order valence-corrected chi connectivity index (χ2v) is 8.00. The molecule has 3 rings (SSSR count). The highest BCUT2D eigenvalue weighted by atomic mass is 16.1. The molecule has 1 aliphatic carbocycles. The van der Waals surface area contributed by atoms with Crippen molar-refractivity contribution in [1.29, 1.82) is 0 Å². The molecule has 2 atom stereocenters. The largest absolute Gasteiger partial charge is 0.371 e. The highest BCUT2D eigenvalue weighted by Gasteiger charge is 2.25. The normalized spacial score (nSPS) is 30.9. The monoisotopic (exact) mass is 329 g/mol. The summed E-state index contributed by atoms with van der Waals surface area (Å²) in [4.78, 5) is 14.8. The number of carbonyl (C=O) groups is 1. The number of carbonyl (C=O) groups excluding carboxylic acids is 1. The first-order valence-electron chi connectivity index (χ1n) is 9.42. The number of amides is 1. The van der Waals surface area contributed by atoms with Crippen LogP contribution in [-0.4, -0.2) is 25.0 Å². The number of hydrogen-bond donors (Lipinski definition) is 2. The Morgan fingerprint density at radius 3 is 2.21 bits per heavy atom. The first-order valence-corrected chi connectivity index (χ1v) is 9.42. The molecular formula is C20H31N3O. The number of rotatable bonds is 3. The van der Waals surface area contributed by atoms with Gasteiger partial charge in [-0.1, -0.05) is 13.8 Å². The third kappa shape index (κ3) is 4.29. The van der Waals surface area contributed by atoms with Crippen LogP contribution in [0.25, 0.3) is 0 Å². The van der Waals surface area contributed by atoms with E-state index in [1.54, 1.807) is 0 Å². The molecule has 0 radical (unpaired) electrons. The van der Waals surface area contributed by atoms with Crippen LogP contribution in [0.5, 0.6) is 0 Å². The zero-order valence-corrected chi connectivity index (χ0v) is 15.0. The van der Waals surface area contributed by atoms with Crippen molar-refractivity contribution in [2.45, 2.75) is 52.0 Å². The Hall–Kier alpha value is -1.55. The quantitative estimate of drug-likeness (QED) is 0.890. The maximum Gasteiger partial charge on any atom is 0.227 e. The molecule has 1 saturated carbocycles. The van der Waals surface area contributed by atoms with E-state index >= 15 is 0 Å². The maximum atomic E-state index is 12.4. The topological polar surface area (TPSA) is 58.4 Å². The SMILES string of the molecule is CC1C[C@@H](C)CN(c2ccc(NC(=O)C3CCC(N)CC3)cc2)C1. The van der Waals surface area contributed by atoms with E-state index in [4.69, 9.17) is 5.73 Å². The Morgan fingerprint density at radius 1 is 1.04 bits per heavy atom. The van der Waals surface area contributed by atoms with Gasteiger partial charge < -0.3 is 16.0 Å². The van der Waals surface area contributed by atoms with E-state index in [9.17, 15) is 4.79 Å². The van der Waals surface area contributed by atoms with E-state index in [1.165, 1.54) is 12.1 Å². The average molecular weight is 329 g/mol. The number of nitrogens with zero attached hydrogens (tertiary/aromatic N) is 1. The summed E-state index contributed by atoms with van der Waals surface area (Å²) in [6.07, 6.45) is 5.06. The molecule has 1 saturated heterocycles. The van der Waals surface area contributed by atoms with E-state index in [2.05, 4.69) is 36.2 Å². The van der Waals surface area contributed by atoms with Gasteiger partial charge in [0, 0.05) is 36.4 Å². The molecule has 0 aromatic heterocycles. The second-order valence-electron chi connectivity index (χ2n) is 8.00.